The van der Waals surface area contributed by atoms with Gasteiger partial charge in [0.2, 0.25) is 0 Å². The molecule has 0 aliphatic carbocycles. The summed E-state index contributed by atoms with van der Waals surface area (Å²) in [7, 11) is -1.67. The predicted octanol–water partition coefficient (Wildman–Crippen LogP) is 2.89. The molecule has 0 spiro atoms. The molecule has 2 aromatic carbocycles. The first-order valence-electron chi connectivity index (χ1n) is 9.17. The van der Waals surface area contributed by atoms with Gasteiger partial charge in [0.25, 0.3) is 0 Å². The second kappa shape index (κ2) is 10.4. The average molecular weight is 409 g/mol. The molecular weight excluding hydrogens is 386 g/mol. The second-order valence-electron chi connectivity index (χ2n) is 6.87. The summed E-state index contributed by atoms with van der Waals surface area (Å²) in [5.41, 5.74) is 7.49. The summed E-state index contributed by atoms with van der Waals surface area (Å²) in [5.74, 6) is -1.20. The molecule has 0 heterocycles. The van der Waals surface area contributed by atoms with Crippen molar-refractivity contribution in [2.24, 2.45) is 5.73 Å². The minimum Gasteiger partial charge on any atom is -0.427 e. The van der Waals surface area contributed by atoms with Gasteiger partial charge >= 0.3 is 13.5 Å². The summed E-state index contributed by atoms with van der Waals surface area (Å²) in [6, 6.07) is 13.8. The maximum absolute atomic E-state index is 12.3. The molecule has 156 valence electrons. The fourth-order valence-electron chi connectivity index (χ4n) is 2.98. The van der Waals surface area contributed by atoms with E-state index < -0.39 is 25.3 Å². The van der Waals surface area contributed by atoms with Gasteiger partial charge in [-0.05, 0) is 48.3 Å². The van der Waals surface area contributed by atoms with E-state index in [1.165, 1.54) is 12.1 Å². The molecule has 5 nitrogen and oxygen atoms in total. The van der Waals surface area contributed by atoms with E-state index in [2.05, 4.69) is 4.74 Å². The first-order chi connectivity index (χ1) is 13.6. The molecule has 0 aliphatic rings. The van der Waals surface area contributed by atoms with E-state index >= 15 is 0 Å². The average Bonchev–Trinajstić information content (AvgIpc) is 2.65. The first kappa shape index (κ1) is 22.9. The number of hydrogen-bond donors (Lipinski definition) is 3. The van der Waals surface area contributed by atoms with Crippen molar-refractivity contribution in [1.82, 2.24) is 0 Å². The van der Waals surface area contributed by atoms with Crippen LogP contribution in [0.15, 0.2) is 54.6 Å². The van der Waals surface area contributed by atoms with E-state index in [1.807, 2.05) is 30.3 Å². The van der Waals surface area contributed by atoms with Crippen molar-refractivity contribution in [2.45, 2.75) is 43.9 Å². The van der Waals surface area contributed by atoms with Crippen LogP contribution < -0.4 is 10.5 Å². The summed E-state index contributed by atoms with van der Waals surface area (Å²) < 4.78 is 40.4. The van der Waals surface area contributed by atoms with Gasteiger partial charge in [-0.25, -0.2) is 0 Å². The first-order valence-corrected chi connectivity index (χ1v) is 9.17. The number of carbonyl (C=O) groups is 1. The van der Waals surface area contributed by atoms with Gasteiger partial charge in [-0.2, -0.15) is 0 Å². The molecule has 0 unspecified atom stereocenters. The van der Waals surface area contributed by atoms with E-state index in [1.54, 1.807) is 0 Å². The minimum atomic E-state index is -4.77. The Hall–Kier alpha value is -2.36. The molecule has 2 aromatic rings. The topological polar surface area (TPSA) is 92.8 Å². The Morgan fingerprint density at radius 1 is 1.00 bits per heavy atom. The molecule has 0 bridgehead atoms. The zero-order valence-corrected chi connectivity index (χ0v) is 15.7. The van der Waals surface area contributed by atoms with Crippen LogP contribution >= 0.6 is 0 Å². The van der Waals surface area contributed by atoms with Crippen LogP contribution in [0.5, 0.6) is 5.75 Å². The lowest BCUT2D eigenvalue weighted by molar-refractivity contribution is -0.274. The Labute approximate surface area is 167 Å². The number of rotatable bonds is 10. The standard InChI is InChI=1S/C20H23BF3NO4/c22-20(23,24)29-17-9-6-15(7-10-17)12-16(21(27)28)8-11-19(26)18(25)13-14-4-2-1-3-5-14/h1-7,9-10,16,18,27-28H,8,11-13,25H2/t16-,18-/m0/s1. The third-order valence-electron chi connectivity index (χ3n) is 4.55. The highest BCUT2D eigenvalue weighted by Crippen LogP contribution is 2.26. The summed E-state index contributed by atoms with van der Waals surface area (Å²) in [4.78, 5) is 12.3. The summed E-state index contributed by atoms with van der Waals surface area (Å²) in [5, 5.41) is 19.2. The van der Waals surface area contributed by atoms with E-state index in [9.17, 15) is 28.0 Å². The van der Waals surface area contributed by atoms with Crippen LogP contribution in [-0.2, 0) is 17.6 Å². The van der Waals surface area contributed by atoms with Crippen LogP contribution in [0.25, 0.3) is 0 Å². The molecule has 0 amide bonds. The van der Waals surface area contributed by atoms with E-state index in [-0.39, 0.29) is 30.8 Å². The maximum Gasteiger partial charge on any atom is 0.573 e. The monoisotopic (exact) mass is 409 g/mol. The molecule has 0 fully saturated rings. The van der Waals surface area contributed by atoms with Crippen molar-refractivity contribution in [2.75, 3.05) is 0 Å². The molecule has 2 rings (SSSR count). The number of hydrogen-bond acceptors (Lipinski definition) is 5. The Bertz CT molecular complexity index is 770. The normalized spacial score (nSPS) is 13.6. The molecule has 2 atom stereocenters. The Balaban J connectivity index is 1.88. The number of ether oxygens (including phenoxy) is 1. The van der Waals surface area contributed by atoms with Crippen molar-refractivity contribution >= 4 is 12.9 Å². The van der Waals surface area contributed by atoms with Crippen LogP contribution in [0.2, 0.25) is 5.82 Å². The van der Waals surface area contributed by atoms with Gasteiger partial charge in [-0.15, -0.1) is 13.2 Å². The van der Waals surface area contributed by atoms with Crippen molar-refractivity contribution in [3.63, 3.8) is 0 Å². The van der Waals surface area contributed by atoms with Crippen LogP contribution in [-0.4, -0.2) is 35.4 Å². The molecule has 29 heavy (non-hydrogen) atoms. The fourth-order valence-corrected chi connectivity index (χ4v) is 2.98. The van der Waals surface area contributed by atoms with E-state index in [0.717, 1.165) is 17.7 Å². The maximum atomic E-state index is 12.3. The van der Waals surface area contributed by atoms with Gasteiger partial charge in [0.1, 0.15) is 11.5 Å². The number of nitrogens with two attached hydrogens (primary N) is 1. The third-order valence-corrected chi connectivity index (χ3v) is 4.55. The number of Topliss-reactive ketones (excluding diaryl/α,β-unsaturated/α-hetero) is 1. The minimum absolute atomic E-state index is 0.0750. The van der Waals surface area contributed by atoms with Gasteiger partial charge in [-0.3, -0.25) is 4.79 Å². The van der Waals surface area contributed by atoms with E-state index in [4.69, 9.17) is 5.73 Å². The van der Waals surface area contributed by atoms with Gasteiger partial charge in [0.05, 0.1) is 6.04 Å². The lowest BCUT2D eigenvalue weighted by atomic mass is 9.67. The number of benzene rings is 2. The highest BCUT2D eigenvalue weighted by Gasteiger charge is 2.31. The lowest BCUT2D eigenvalue weighted by Crippen LogP contribution is -2.33. The largest absolute Gasteiger partial charge is 0.573 e. The number of halogens is 3. The second-order valence-corrected chi connectivity index (χ2v) is 6.87. The van der Waals surface area contributed by atoms with Crippen molar-refractivity contribution < 1.29 is 32.8 Å². The summed E-state index contributed by atoms with van der Waals surface area (Å²) in [6.45, 7) is 0. The predicted molar refractivity (Wildman–Crippen MR) is 103 cm³/mol. The molecular formula is C20H23BF3NO4. The number of carbonyl (C=O) groups excluding carboxylic acids is 1. The molecule has 0 aliphatic heterocycles. The van der Waals surface area contributed by atoms with Crippen LogP contribution in [0.3, 0.4) is 0 Å². The Morgan fingerprint density at radius 2 is 1.59 bits per heavy atom. The quantitative estimate of drug-likeness (QED) is 0.525. The van der Waals surface area contributed by atoms with Gasteiger partial charge in [-0.1, -0.05) is 42.5 Å². The van der Waals surface area contributed by atoms with Crippen LogP contribution in [0.1, 0.15) is 24.0 Å². The third kappa shape index (κ3) is 8.27. The van der Waals surface area contributed by atoms with Gasteiger partial charge in [0, 0.05) is 6.42 Å². The Morgan fingerprint density at radius 3 is 2.14 bits per heavy atom. The molecule has 0 radical (unpaired) electrons. The summed E-state index contributed by atoms with van der Waals surface area (Å²) >= 11 is 0. The molecule has 4 N–H and O–H groups in total. The zero-order chi connectivity index (χ0) is 21.4. The van der Waals surface area contributed by atoms with Crippen LogP contribution in [0.4, 0.5) is 13.2 Å². The SMILES string of the molecule is N[C@@H](Cc1ccccc1)C(=O)CC[C@@H](Cc1ccc(OC(F)(F)F)cc1)B(O)O. The smallest absolute Gasteiger partial charge is 0.427 e. The molecule has 0 saturated carbocycles. The lowest BCUT2D eigenvalue weighted by Gasteiger charge is -2.17. The molecule has 9 heteroatoms. The summed E-state index contributed by atoms with van der Waals surface area (Å²) in [6.07, 6.45) is -3.92. The van der Waals surface area contributed by atoms with Gasteiger partial charge in [0.15, 0.2) is 0 Å². The fraction of sp³-hybridized carbons (Fsp3) is 0.350. The van der Waals surface area contributed by atoms with Crippen molar-refractivity contribution in [3.8, 4) is 5.75 Å². The Kier molecular flexibility index (Phi) is 8.25. The highest BCUT2D eigenvalue weighted by atomic mass is 19.4. The number of ketones is 1. The molecule has 0 aromatic heterocycles. The molecule has 0 saturated heterocycles. The van der Waals surface area contributed by atoms with Crippen LogP contribution in [0, 0.1) is 0 Å². The zero-order valence-electron chi connectivity index (χ0n) is 15.7. The van der Waals surface area contributed by atoms with Crippen molar-refractivity contribution in [1.29, 1.82) is 0 Å². The highest BCUT2D eigenvalue weighted by molar-refractivity contribution is 6.43. The van der Waals surface area contributed by atoms with Crippen molar-refractivity contribution in [3.05, 3.63) is 65.7 Å². The number of alkyl halides is 3. The van der Waals surface area contributed by atoms with E-state index in [0.29, 0.717) is 12.0 Å². The van der Waals surface area contributed by atoms with Gasteiger partial charge < -0.3 is 20.5 Å².